The lowest BCUT2D eigenvalue weighted by molar-refractivity contribution is -0.147. The van der Waals surface area contributed by atoms with E-state index in [4.69, 9.17) is 46.4 Å². The van der Waals surface area contributed by atoms with Gasteiger partial charge in [0.25, 0.3) is 5.92 Å². The average Bonchev–Trinajstić information content (AvgIpc) is 3.28. The first-order chi connectivity index (χ1) is 18.7. The number of carboxylic acids is 1. The number of halogens is 6. The van der Waals surface area contributed by atoms with Crippen molar-refractivity contribution in [2.45, 2.75) is 62.6 Å². The fraction of sp³-hybridized carbons (Fsp3) is 0.444. The molecule has 2 N–H and O–H groups in total. The molecule has 1 aliphatic carbocycles. The molecule has 214 valence electrons. The van der Waals surface area contributed by atoms with Crippen LogP contribution >= 0.6 is 46.4 Å². The minimum absolute atomic E-state index is 0.0451. The van der Waals surface area contributed by atoms with Crippen LogP contribution in [0.2, 0.25) is 20.1 Å². The predicted octanol–water partition coefficient (Wildman–Crippen LogP) is 6.85. The second-order valence-electron chi connectivity index (χ2n) is 10.7. The molecule has 40 heavy (non-hydrogen) atoms. The molecule has 2 fully saturated rings. The SMILES string of the molecule is C[C@@H](C(=O)N(c1cc(Cl)cc(Cl)c1)C1CCC1)[C@H]1CC(F)(F)CN1[C@@]1(CC(=O)O)C(=O)Nc2c(Cl)cc(Cl)cc21. The maximum atomic E-state index is 15.2. The lowest BCUT2D eigenvalue weighted by atomic mass is 9.83. The summed E-state index contributed by atoms with van der Waals surface area (Å²) in [5, 5.41) is 13.2. The summed E-state index contributed by atoms with van der Waals surface area (Å²) in [6, 6.07) is 6.06. The Labute approximate surface area is 249 Å². The van der Waals surface area contributed by atoms with Crippen LogP contribution in [0.25, 0.3) is 0 Å². The molecule has 0 aromatic heterocycles. The molecule has 0 bridgehead atoms. The molecule has 2 heterocycles. The van der Waals surface area contributed by atoms with Gasteiger partial charge in [0.1, 0.15) is 5.54 Å². The van der Waals surface area contributed by atoms with Crippen molar-refractivity contribution < 1.29 is 28.3 Å². The summed E-state index contributed by atoms with van der Waals surface area (Å²) in [6.45, 7) is 0.582. The van der Waals surface area contributed by atoms with Crippen molar-refractivity contribution in [2.24, 2.45) is 5.92 Å². The molecule has 0 unspecified atom stereocenters. The summed E-state index contributed by atoms with van der Waals surface area (Å²) in [5.74, 6) is -7.05. The van der Waals surface area contributed by atoms with E-state index >= 15 is 8.78 Å². The zero-order valence-corrected chi connectivity index (χ0v) is 24.2. The summed E-state index contributed by atoms with van der Waals surface area (Å²) in [7, 11) is 0. The number of anilines is 2. The minimum Gasteiger partial charge on any atom is -0.481 e. The van der Waals surface area contributed by atoms with Crippen LogP contribution in [0.4, 0.5) is 20.2 Å². The van der Waals surface area contributed by atoms with E-state index in [1.807, 2.05) is 0 Å². The summed E-state index contributed by atoms with van der Waals surface area (Å²) >= 11 is 25.0. The topological polar surface area (TPSA) is 90.0 Å². The Morgan fingerprint density at radius 2 is 1.73 bits per heavy atom. The summed E-state index contributed by atoms with van der Waals surface area (Å²) in [5.41, 5.74) is -1.44. The van der Waals surface area contributed by atoms with Gasteiger partial charge in [-0.2, -0.15) is 0 Å². The van der Waals surface area contributed by atoms with Gasteiger partial charge < -0.3 is 15.3 Å². The Kier molecular flexibility index (Phi) is 7.76. The lowest BCUT2D eigenvalue weighted by Crippen LogP contribution is -2.58. The van der Waals surface area contributed by atoms with Gasteiger partial charge in [0.2, 0.25) is 11.8 Å². The number of carboxylic acid groups (broad SMARTS) is 1. The van der Waals surface area contributed by atoms with E-state index in [2.05, 4.69) is 5.32 Å². The number of likely N-dealkylation sites (tertiary alicyclic amines) is 1. The number of benzene rings is 2. The largest absolute Gasteiger partial charge is 0.481 e. The number of aliphatic carboxylic acids is 1. The Hall–Kier alpha value is -2.17. The number of rotatable bonds is 7. The van der Waals surface area contributed by atoms with Gasteiger partial charge in [-0.25, -0.2) is 8.78 Å². The maximum Gasteiger partial charge on any atom is 0.306 e. The first-order valence-corrected chi connectivity index (χ1v) is 14.2. The fourth-order valence-electron chi connectivity index (χ4n) is 6.08. The minimum atomic E-state index is -3.31. The smallest absolute Gasteiger partial charge is 0.306 e. The van der Waals surface area contributed by atoms with Gasteiger partial charge in [-0.1, -0.05) is 53.3 Å². The highest BCUT2D eigenvalue weighted by Gasteiger charge is 2.62. The number of hydrogen-bond donors (Lipinski definition) is 2. The molecule has 3 atom stereocenters. The predicted molar refractivity (Wildman–Crippen MR) is 150 cm³/mol. The van der Waals surface area contributed by atoms with Gasteiger partial charge >= 0.3 is 5.97 Å². The fourth-order valence-corrected chi connectivity index (χ4v) is 7.14. The molecule has 5 rings (SSSR count). The van der Waals surface area contributed by atoms with Gasteiger partial charge in [0.05, 0.1) is 29.6 Å². The van der Waals surface area contributed by atoms with Crippen LogP contribution in [0.15, 0.2) is 30.3 Å². The monoisotopic (exact) mass is 633 g/mol. The number of fused-ring (bicyclic) bond motifs is 1. The third-order valence-corrected chi connectivity index (χ3v) is 9.04. The number of hydrogen-bond acceptors (Lipinski definition) is 4. The molecule has 3 aliphatic rings. The molecule has 2 aromatic rings. The van der Waals surface area contributed by atoms with E-state index in [0.717, 1.165) is 11.3 Å². The number of nitrogens with zero attached hydrogens (tertiary/aromatic N) is 2. The highest BCUT2D eigenvalue weighted by molar-refractivity contribution is 6.38. The van der Waals surface area contributed by atoms with Crippen molar-refractivity contribution in [3.63, 3.8) is 0 Å². The molecule has 0 spiro atoms. The highest BCUT2D eigenvalue weighted by atomic mass is 35.5. The van der Waals surface area contributed by atoms with Gasteiger partial charge in [-0.05, 0) is 49.6 Å². The van der Waals surface area contributed by atoms with Crippen LogP contribution in [0, 0.1) is 5.92 Å². The Morgan fingerprint density at radius 3 is 2.30 bits per heavy atom. The van der Waals surface area contributed by atoms with Gasteiger partial charge in [0.15, 0.2) is 0 Å². The van der Waals surface area contributed by atoms with E-state index in [1.54, 1.807) is 17.0 Å². The Bertz CT molecular complexity index is 1390. The second kappa shape index (κ2) is 10.6. The standard InChI is InChI=1S/C27H25Cl4F2N3O4/c1-13(24(39)36(17-3-2-4-17)18-6-14(28)5-15(29)7-18)21-10-26(32,33)12-35(21)27(11-22(37)38)19-8-16(30)9-20(31)23(19)34-25(27)40/h5-9,13,17,21H,2-4,10-12H2,1H3,(H,34,40)(H,37,38)/t13-,21-,27-/m1/s1. The van der Waals surface area contributed by atoms with Crippen molar-refractivity contribution in [1.82, 2.24) is 4.90 Å². The molecule has 2 aliphatic heterocycles. The van der Waals surface area contributed by atoms with Crippen molar-refractivity contribution in [3.8, 4) is 0 Å². The molecule has 1 saturated heterocycles. The Balaban J connectivity index is 1.60. The van der Waals surface area contributed by atoms with Gasteiger partial charge in [-0.15, -0.1) is 0 Å². The molecular weight excluding hydrogens is 610 g/mol. The molecular formula is C27H25Cl4F2N3O4. The van der Waals surface area contributed by atoms with Crippen LogP contribution in [-0.4, -0.2) is 52.3 Å². The van der Waals surface area contributed by atoms with E-state index < -0.39 is 60.6 Å². The number of carbonyl (C=O) groups excluding carboxylic acids is 2. The molecule has 2 aromatic carbocycles. The molecule has 0 radical (unpaired) electrons. The van der Waals surface area contributed by atoms with E-state index in [9.17, 15) is 19.5 Å². The number of carbonyl (C=O) groups is 3. The molecule has 7 nitrogen and oxygen atoms in total. The average molecular weight is 635 g/mol. The van der Waals surface area contributed by atoms with Crippen LogP contribution < -0.4 is 10.2 Å². The summed E-state index contributed by atoms with van der Waals surface area (Å²) in [6.07, 6.45) is 0.718. The van der Waals surface area contributed by atoms with Crippen LogP contribution in [0.1, 0.15) is 44.6 Å². The van der Waals surface area contributed by atoms with Crippen LogP contribution in [0.5, 0.6) is 0 Å². The third-order valence-electron chi connectivity index (χ3n) is 8.09. The first kappa shape index (κ1) is 29.3. The molecule has 1 saturated carbocycles. The quantitative estimate of drug-likeness (QED) is 0.348. The Morgan fingerprint density at radius 1 is 1.10 bits per heavy atom. The first-order valence-electron chi connectivity index (χ1n) is 12.7. The van der Waals surface area contributed by atoms with Gasteiger partial charge in [-0.3, -0.25) is 19.3 Å². The van der Waals surface area contributed by atoms with Crippen molar-refractivity contribution >= 4 is 75.6 Å². The van der Waals surface area contributed by atoms with Crippen molar-refractivity contribution in [1.29, 1.82) is 0 Å². The zero-order chi connectivity index (χ0) is 29.1. The van der Waals surface area contributed by atoms with E-state index in [0.29, 0.717) is 28.6 Å². The lowest BCUT2D eigenvalue weighted by Gasteiger charge is -2.44. The van der Waals surface area contributed by atoms with E-state index in [1.165, 1.54) is 25.1 Å². The zero-order valence-electron chi connectivity index (χ0n) is 21.2. The highest BCUT2D eigenvalue weighted by Crippen LogP contribution is 2.52. The normalized spacial score (nSPS) is 24.8. The van der Waals surface area contributed by atoms with Crippen LogP contribution in [-0.2, 0) is 19.9 Å². The number of nitrogens with one attached hydrogen (secondary N) is 1. The van der Waals surface area contributed by atoms with E-state index in [-0.39, 0.29) is 27.3 Å². The summed E-state index contributed by atoms with van der Waals surface area (Å²) in [4.78, 5) is 42.6. The second-order valence-corrected chi connectivity index (χ2v) is 12.4. The van der Waals surface area contributed by atoms with Crippen molar-refractivity contribution in [3.05, 3.63) is 56.0 Å². The number of amides is 2. The third kappa shape index (κ3) is 5.04. The molecule has 2 amide bonds. The molecule has 13 heteroatoms. The van der Waals surface area contributed by atoms with Crippen LogP contribution in [0.3, 0.4) is 0 Å². The van der Waals surface area contributed by atoms with Gasteiger partial charge in [0, 0.05) is 44.8 Å². The number of alkyl halides is 2. The van der Waals surface area contributed by atoms with Crippen molar-refractivity contribution in [2.75, 3.05) is 16.8 Å². The maximum absolute atomic E-state index is 15.2. The summed E-state index contributed by atoms with van der Waals surface area (Å²) < 4.78 is 30.4.